The van der Waals surface area contributed by atoms with Crippen LogP contribution < -0.4 is 5.73 Å². The molecule has 2 N–H and O–H groups in total. The van der Waals surface area contributed by atoms with E-state index in [0.29, 0.717) is 12.5 Å². The van der Waals surface area contributed by atoms with Crippen molar-refractivity contribution in [1.82, 2.24) is 9.97 Å². The first-order valence-corrected chi connectivity index (χ1v) is 6.30. The van der Waals surface area contributed by atoms with E-state index in [1.54, 1.807) is 0 Å². The van der Waals surface area contributed by atoms with E-state index in [4.69, 9.17) is 5.73 Å². The summed E-state index contributed by atoms with van der Waals surface area (Å²) in [4.78, 5) is 8.96. The normalized spacial score (nSPS) is 25.6. The lowest BCUT2D eigenvalue weighted by Gasteiger charge is -2.24. The molecule has 0 amide bonds. The van der Waals surface area contributed by atoms with E-state index in [1.807, 2.05) is 12.4 Å². The minimum atomic E-state index is 0.586. The van der Waals surface area contributed by atoms with Crippen LogP contribution in [0.1, 0.15) is 49.9 Å². The average molecular weight is 219 g/mol. The highest BCUT2D eigenvalue weighted by Gasteiger charge is 2.21. The van der Waals surface area contributed by atoms with Gasteiger partial charge in [0.1, 0.15) is 5.82 Å². The molecule has 0 atom stereocenters. The smallest absolute Gasteiger partial charge is 0.131 e. The third-order valence-electron chi connectivity index (χ3n) is 3.54. The Morgan fingerprint density at radius 2 is 1.81 bits per heavy atom. The van der Waals surface area contributed by atoms with Crippen molar-refractivity contribution in [3.8, 4) is 0 Å². The fourth-order valence-corrected chi connectivity index (χ4v) is 2.39. The summed E-state index contributed by atoms with van der Waals surface area (Å²) in [6.45, 7) is 3.01. The van der Waals surface area contributed by atoms with Crippen LogP contribution >= 0.6 is 0 Å². The zero-order valence-electron chi connectivity index (χ0n) is 10.0. The van der Waals surface area contributed by atoms with Crippen molar-refractivity contribution in [1.29, 1.82) is 0 Å². The van der Waals surface area contributed by atoms with Crippen molar-refractivity contribution in [2.24, 2.45) is 11.7 Å². The molecule has 3 heteroatoms. The summed E-state index contributed by atoms with van der Waals surface area (Å²) in [5, 5.41) is 0. The molecule has 1 heterocycles. The van der Waals surface area contributed by atoms with Crippen molar-refractivity contribution in [2.45, 2.75) is 44.9 Å². The molecule has 1 aliphatic rings. The first kappa shape index (κ1) is 11.5. The Balaban J connectivity index is 1.98. The molecule has 1 saturated carbocycles. The fraction of sp³-hybridized carbons (Fsp3) is 0.692. The molecule has 0 aromatic carbocycles. The van der Waals surface area contributed by atoms with Crippen LogP contribution in [0.4, 0.5) is 0 Å². The molecule has 16 heavy (non-hydrogen) atoms. The third-order valence-corrected chi connectivity index (χ3v) is 3.54. The van der Waals surface area contributed by atoms with Gasteiger partial charge >= 0.3 is 0 Å². The summed E-state index contributed by atoms with van der Waals surface area (Å²) < 4.78 is 0. The minimum Gasteiger partial charge on any atom is -0.330 e. The largest absolute Gasteiger partial charge is 0.330 e. The molecule has 0 radical (unpaired) electrons. The maximum absolute atomic E-state index is 5.50. The zero-order valence-corrected chi connectivity index (χ0v) is 10.0. The summed E-state index contributed by atoms with van der Waals surface area (Å²) >= 11 is 0. The van der Waals surface area contributed by atoms with E-state index in [1.165, 1.54) is 25.7 Å². The molecule has 0 unspecified atom stereocenters. The first-order chi connectivity index (χ1) is 7.79. The summed E-state index contributed by atoms with van der Waals surface area (Å²) in [7, 11) is 0. The van der Waals surface area contributed by atoms with Gasteiger partial charge in [-0.3, -0.25) is 0 Å². The number of nitrogens with zero attached hydrogens (tertiary/aromatic N) is 2. The van der Waals surface area contributed by atoms with E-state index in [0.717, 1.165) is 23.7 Å². The molecule has 0 saturated heterocycles. The SMILES string of the molecule is CC1CCC(c2ncc(CCN)cn2)CC1. The molecule has 3 nitrogen and oxygen atoms in total. The number of hydrogen-bond acceptors (Lipinski definition) is 3. The Bertz CT molecular complexity index is 312. The molecule has 0 aliphatic heterocycles. The second-order valence-corrected chi connectivity index (χ2v) is 4.94. The van der Waals surface area contributed by atoms with Gasteiger partial charge in [-0.2, -0.15) is 0 Å². The standard InChI is InChI=1S/C13H21N3/c1-10-2-4-12(5-3-10)13-15-8-11(6-7-14)9-16-13/h8-10,12H,2-7,14H2,1H3. The van der Waals surface area contributed by atoms with Crippen molar-refractivity contribution in [2.75, 3.05) is 6.54 Å². The lowest BCUT2D eigenvalue weighted by molar-refractivity contribution is 0.339. The van der Waals surface area contributed by atoms with Gasteiger partial charge in [-0.1, -0.05) is 19.8 Å². The Morgan fingerprint density at radius 3 is 2.38 bits per heavy atom. The molecule has 0 spiro atoms. The Hall–Kier alpha value is -0.960. The highest BCUT2D eigenvalue weighted by atomic mass is 14.9. The molecule has 1 aromatic rings. The van der Waals surface area contributed by atoms with Gasteiger partial charge in [0.2, 0.25) is 0 Å². The first-order valence-electron chi connectivity index (χ1n) is 6.30. The van der Waals surface area contributed by atoms with Gasteiger partial charge < -0.3 is 5.73 Å². The van der Waals surface area contributed by atoms with E-state index in [-0.39, 0.29) is 0 Å². The Kier molecular flexibility index (Phi) is 3.88. The van der Waals surface area contributed by atoms with Crippen LogP contribution in [0, 0.1) is 5.92 Å². The number of aromatic nitrogens is 2. The van der Waals surface area contributed by atoms with E-state index < -0.39 is 0 Å². The van der Waals surface area contributed by atoms with Crippen molar-refractivity contribution in [3.05, 3.63) is 23.8 Å². The van der Waals surface area contributed by atoms with Gasteiger partial charge in [0.25, 0.3) is 0 Å². The fourth-order valence-electron chi connectivity index (χ4n) is 2.39. The zero-order chi connectivity index (χ0) is 11.4. The second kappa shape index (κ2) is 5.39. The topological polar surface area (TPSA) is 51.8 Å². The van der Waals surface area contributed by atoms with Crippen LogP contribution in [0.2, 0.25) is 0 Å². The molecule has 1 aromatic heterocycles. The van der Waals surface area contributed by atoms with Crippen molar-refractivity contribution >= 4 is 0 Å². The van der Waals surface area contributed by atoms with Crippen LogP contribution in [-0.4, -0.2) is 16.5 Å². The average Bonchev–Trinajstić information content (AvgIpc) is 2.32. The van der Waals surface area contributed by atoms with E-state index in [2.05, 4.69) is 16.9 Å². The van der Waals surface area contributed by atoms with Gasteiger partial charge in [0.05, 0.1) is 0 Å². The predicted octanol–water partition coefficient (Wildman–Crippen LogP) is 2.27. The predicted molar refractivity (Wildman–Crippen MR) is 65.2 cm³/mol. The molecule has 1 fully saturated rings. The van der Waals surface area contributed by atoms with Crippen molar-refractivity contribution < 1.29 is 0 Å². The maximum atomic E-state index is 5.50. The van der Waals surface area contributed by atoms with Crippen LogP contribution in [0.15, 0.2) is 12.4 Å². The molecule has 1 aliphatic carbocycles. The summed E-state index contributed by atoms with van der Waals surface area (Å²) in [6, 6.07) is 0. The van der Waals surface area contributed by atoms with Crippen LogP contribution in [0.25, 0.3) is 0 Å². The second-order valence-electron chi connectivity index (χ2n) is 4.94. The van der Waals surface area contributed by atoms with E-state index in [9.17, 15) is 0 Å². The van der Waals surface area contributed by atoms with Gasteiger partial charge in [-0.25, -0.2) is 9.97 Å². The number of rotatable bonds is 3. The maximum Gasteiger partial charge on any atom is 0.131 e. The molecule has 88 valence electrons. The van der Waals surface area contributed by atoms with Gasteiger partial charge in [-0.05, 0) is 37.3 Å². The summed E-state index contributed by atoms with van der Waals surface area (Å²) in [6.07, 6.45) is 9.88. The molecular formula is C13H21N3. The quantitative estimate of drug-likeness (QED) is 0.848. The highest BCUT2D eigenvalue weighted by molar-refractivity contribution is 5.08. The lowest BCUT2D eigenvalue weighted by Crippen LogP contribution is -2.13. The van der Waals surface area contributed by atoms with Crippen LogP contribution in [0.5, 0.6) is 0 Å². The number of nitrogens with two attached hydrogens (primary N) is 1. The summed E-state index contributed by atoms with van der Waals surface area (Å²) in [5.41, 5.74) is 6.65. The van der Waals surface area contributed by atoms with Gasteiger partial charge in [0.15, 0.2) is 0 Å². The van der Waals surface area contributed by atoms with Crippen LogP contribution in [0.3, 0.4) is 0 Å². The Labute approximate surface area is 97.5 Å². The molecular weight excluding hydrogens is 198 g/mol. The van der Waals surface area contributed by atoms with E-state index >= 15 is 0 Å². The third kappa shape index (κ3) is 2.79. The highest BCUT2D eigenvalue weighted by Crippen LogP contribution is 2.33. The molecule has 0 bridgehead atoms. The van der Waals surface area contributed by atoms with Crippen LogP contribution in [-0.2, 0) is 6.42 Å². The lowest BCUT2D eigenvalue weighted by atomic mass is 9.82. The summed E-state index contributed by atoms with van der Waals surface area (Å²) in [5.74, 6) is 2.50. The minimum absolute atomic E-state index is 0.586. The van der Waals surface area contributed by atoms with Crippen molar-refractivity contribution in [3.63, 3.8) is 0 Å². The number of hydrogen-bond donors (Lipinski definition) is 1. The monoisotopic (exact) mass is 219 g/mol. The Morgan fingerprint density at radius 1 is 1.19 bits per heavy atom. The van der Waals surface area contributed by atoms with Gasteiger partial charge in [-0.15, -0.1) is 0 Å². The molecule has 2 rings (SSSR count). The van der Waals surface area contributed by atoms with Gasteiger partial charge in [0, 0.05) is 18.3 Å².